The lowest BCUT2D eigenvalue weighted by atomic mass is 9.96. The zero-order valence-corrected chi connectivity index (χ0v) is 10.9. The van der Waals surface area contributed by atoms with Gasteiger partial charge in [0, 0.05) is 12.7 Å². The molecule has 3 heteroatoms. The highest BCUT2D eigenvalue weighted by Gasteiger charge is 2.22. The molecule has 0 radical (unpaired) electrons. The summed E-state index contributed by atoms with van der Waals surface area (Å²) in [6.07, 6.45) is 0. The van der Waals surface area contributed by atoms with E-state index in [1.807, 2.05) is 32.9 Å². The van der Waals surface area contributed by atoms with Crippen molar-refractivity contribution in [3.05, 3.63) is 23.3 Å². The van der Waals surface area contributed by atoms with E-state index in [1.54, 1.807) is 21.3 Å². The Balaban J connectivity index is 3.32. The van der Waals surface area contributed by atoms with Crippen LogP contribution in [0.5, 0.6) is 11.5 Å². The molecule has 3 nitrogen and oxygen atoms in total. The van der Waals surface area contributed by atoms with Crippen molar-refractivity contribution < 1.29 is 14.2 Å². The number of benzene rings is 1. The van der Waals surface area contributed by atoms with Crippen molar-refractivity contribution in [2.45, 2.75) is 26.4 Å². The molecule has 90 valence electrons. The lowest BCUT2D eigenvalue weighted by molar-refractivity contribution is 0.0189. The average Bonchev–Trinajstić information content (AvgIpc) is 2.29. The summed E-state index contributed by atoms with van der Waals surface area (Å²) in [4.78, 5) is 0. The third-order valence-electron chi connectivity index (χ3n) is 2.96. The fourth-order valence-electron chi connectivity index (χ4n) is 1.55. The molecule has 0 fully saturated rings. The van der Waals surface area contributed by atoms with Crippen LogP contribution in [0.4, 0.5) is 0 Å². The van der Waals surface area contributed by atoms with Crippen molar-refractivity contribution in [3.63, 3.8) is 0 Å². The first-order valence-electron chi connectivity index (χ1n) is 5.24. The molecule has 0 aliphatic rings. The van der Waals surface area contributed by atoms with E-state index in [1.165, 1.54) is 0 Å². The quantitative estimate of drug-likeness (QED) is 0.787. The van der Waals surface area contributed by atoms with E-state index in [9.17, 15) is 0 Å². The Labute approximate surface area is 97.3 Å². The van der Waals surface area contributed by atoms with Crippen molar-refractivity contribution in [3.8, 4) is 11.5 Å². The van der Waals surface area contributed by atoms with Gasteiger partial charge in [0.25, 0.3) is 0 Å². The van der Waals surface area contributed by atoms with Gasteiger partial charge in [-0.2, -0.15) is 0 Å². The summed E-state index contributed by atoms with van der Waals surface area (Å²) in [6.45, 7) is 5.99. The van der Waals surface area contributed by atoms with E-state index >= 15 is 0 Å². The van der Waals surface area contributed by atoms with Crippen LogP contribution in [0.15, 0.2) is 12.1 Å². The summed E-state index contributed by atoms with van der Waals surface area (Å²) in [5, 5.41) is 0. The predicted molar refractivity (Wildman–Crippen MR) is 64.3 cm³/mol. The van der Waals surface area contributed by atoms with E-state index in [0.29, 0.717) is 0 Å². The summed E-state index contributed by atoms with van der Waals surface area (Å²) in [7, 11) is 5.01. The molecule has 1 aromatic carbocycles. The lowest BCUT2D eigenvalue weighted by Gasteiger charge is -2.25. The average molecular weight is 224 g/mol. The molecule has 16 heavy (non-hydrogen) atoms. The molecule has 1 rings (SSSR count). The molecule has 0 aliphatic carbocycles. The Morgan fingerprint density at radius 1 is 0.938 bits per heavy atom. The number of rotatable bonds is 4. The molecule has 0 N–H and O–H groups in total. The molecule has 0 heterocycles. The second-order valence-electron chi connectivity index (χ2n) is 4.22. The first-order valence-corrected chi connectivity index (χ1v) is 5.24. The maximum absolute atomic E-state index is 5.45. The van der Waals surface area contributed by atoms with Gasteiger partial charge in [-0.25, -0.2) is 0 Å². The maximum atomic E-state index is 5.45. The third-order valence-corrected chi connectivity index (χ3v) is 2.96. The third kappa shape index (κ3) is 2.30. The highest BCUT2D eigenvalue weighted by Crippen LogP contribution is 2.35. The summed E-state index contributed by atoms with van der Waals surface area (Å²) >= 11 is 0. The Kier molecular flexibility index (Phi) is 3.81. The van der Waals surface area contributed by atoms with E-state index in [2.05, 4.69) is 0 Å². The van der Waals surface area contributed by atoms with Gasteiger partial charge in [-0.15, -0.1) is 0 Å². The fourth-order valence-corrected chi connectivity index (χ4v) is 1.55. The van der Waals surface area contributed by atoms with Gasteiger partial charge in [-0.05, 0) is 38.5 Å². The van der Waals surface area contributed by atoms with Crippen molar-refractivity contribution in [2.75, 3.05) is 21.3 Å². The molecule has 0 atom stereocenters. The maximum Gasteiger partial charge on any atom is 0.125 e. The van der Waals surface area contributed by atoms with Gasteiger partial charge >= 0.3 is 0 Å². The number of hydrogen-bond donors (Lipinski definition) is 0. The summed E-state index contributed by atoms with van der Waals surface area (Å²) in [5.74, 6) is 1.64. The highest BCUT2D eigenvalue weighted by atomic mass is 16.5. The van der Waals surface area contributed by atoms with E-state index in [4.69, 9.17) is 14.2 Å². The van der Waals surface area contributed by atoms with Gasteiger partial charge in [-0.1, -0.05) is 0 Å². The van der Waals surface area contributed by atoms with Crippen LogP contribution in [0, 0.1) is 6.92 Å². The second kappa shape index (κ2) is 4.74. The normalized spacial score (nSPS) is 11.4. The minimum Gasteiger partial charge on any atom is -0.496 e. The van der Waals surface area contributed by atoms with Gasteiger partial charge in [0.15, 0.2) is 0 Å². The molecular weight excluding hydrogens is 204 g/mol. The Bertz CT molecular complexity index is 344. The van der Waals surface area contributed by atoms with Gasteiger partial charge < -0.3 is 14.2 Å². The molecule has 0 amide bonds. The van der Waals surface area contributed by atoms with Gasteiger partial charge in [0.2, 0.25) is 0 Å². The first kappa shape index (κ1) is 12.8. The fraction of sp³-hybridized carbons (Fsp3) is 0.538. The second-order valence-corrected chi connectivity index (χ2v) is 4.22. The first-order chi connectivity index (χ1) is 7.46. The summed E-state index contributed by atoms with van der Waals surface area (Å²) < 4.78 is 16.1. The van der Waals surface area contributed by atoms with Crippen LogP contribution in [0.25, 0.3) is 0 Å². The molecule has 0 aromatic heterocycles. The van der Waals surface area contributed by atoms with Crippen LogP contribution in [0.3, 0.4) is 0 Å². The zero-order chi connectivity index (χ0) is 12.3. The van der Waals surface area contributed by atoms with Gasteiger partial charge in [0.1, 0.15) is 11.5 Å². The van der Waals surface area contributed by atoms with Crippen molar-refractivity contribution in [2.24, 2.45) is 0 Å². The van der Waals surface area contributed by atoms with Gasteiger partial charge in [0.05, 0.1) is 19.8 Å². The van der Waals surface area contributed by atoms with Crippen LogP contribution in [0.2, 0.25) is 0 Å². The van der Waals surface area contributed by atoms with Crippen LogP contribution < -0.4 is 9.47 Å². The topological polar surface area (TPSA) is 27.7 Å². The minimum absolute atomic E-state index is 0.353. The lowest BCUT2D eigenvalue weighted by Crippen LogP contribution is -2.19. The number of ether oxygens (including phenoxy) is 3. The van der Waals surface area contributed by atoms with E-state index < -0.39 is 0 Å². The molecular formula is C13H20O3. The Morgan fingerprint density at radius 3 is 1.69 bits per heavy atom. The molecule has 0 aliphatic heterocycles. The monoisotopic (exact) mass is 224 g/mol. The van der Waals surface area contributed by atoms with Crippen molar-refractivity contribution >= 4 is 0 Å². The van der Waals surface area contributed by atoms with Crippen molar-refractivity contribution in [1.82, 2.24) is 0 Å². The number of hydrogen-bond acceptors (Lipinski definition) is 3. The van der Waals surface area contributed by atoms with Crippen LogP contribution in [-0.2, 0) is 10.3 Å². The summed E-state index contributed by atoms with van der Waals surface area (Å²) in [5.41, 5.74) is 1.68. The smallest absolute Gasteiger partial charge is 0.125 e. The zero-order valence-electron chi connectivity index (χ0n) is 10.9. The predicted octanol–water partition coefficient (Wildman–Crippen LogP) is 2.89. The molecule has 1 aromatic rings. The molecule has 0 bridgehead atoms. The molecule has 0 unspecified atom stereocenters. The minimum atomic E-state index is -0.353. The SMILES string of the molecule is COc1cc(C(C)(C)OC)cc(OC)c1C. The largest absolute Gasteiger partial charge is 0.496 e. The number of methoxy groups -OCH3 is 3. The van der Waals surface area contributed by atoms with E-state index in [-0.39, 0.29) is 5.60 Å². The Hall–Kier alpha value is -1.22. The van der Waals surface area contributed by atoms with Crippen LogP contribution in [-0.4, -0.2) is 21.3 Å². The highest BCUT2D eigenvalue weighted by molar-refractivity contribution is 5.48. The van der Waals surface area contributed by atoms with E-state index in [0.717, 1.165) is 22.6 Å². The molecule has 0 saturated carbocycles. The van der Waals surface area contributed by atoms with Gasteiger partial charge in [-0.3, -0.25) is 0 Å². The molecule has 0 saturated heterocycles. The standard InChI is InChI=1S/C13H20O3/c1-9-11(14-4)7-10(8-12(9)15-5)13(2,3)16-6/h7-8H,1-6H3. The Morgan fingerprint density at radius 2 is 1.38 bits per heavy atom. The van der Waals surface area contributed by atoms with Crippen LogP contribution in [0.1, 0.15) is 25.0 Å². The van der Waals surface area contributed by atoms with Crippen LogP contribution >= 0.6 is 0 Å². The summed E-state index contributed by atoms with van der Waals surface area (Å²) in [6, 6.07) is 3.97. The molecule has 0 spiro atoms. The van der Waals surface area contributed by atoms with Crippen molar-refractivity contribution in [1.29, 1.82) is 0 Å².